The number of hydrogen-bond donors (Lipinski definition) is 1. The molecule has 2 amide bonds. The van der Waals surface area contributed by atoms with E-state index >= 15 is 0 Å². The predicted molar refractivity (Wildman–Crippen MR) is 109 cm³/mol. The molecule has 0 bridgehead atoms. The number of fused-ring (bicyclic) bond motifs is 1. The third kappa shape index (κ3) is 4.11. The first-order chi connectivity index (χ1) is 14.0. The topological polar surface area (TPSA) is 80.1 Å². The summed E-state index contributed by atoms with van der Waals surface area (Å²) in [6, 6.07) is 12.2. The Balaban J connectivity index is 1.47. The van der Waals surface area contributed by atoms with Crippen LogP contribution < -0.4 is 5.32 Å². The van der Waals surface area contributed by atoms with Crippen LogP contribution in [0.2, 0.25) is 10.0 Å². The van der Waals surface area contributed by atoms with E-state index in [-0.39, 0.29) is 24.1 Å². The Morgan fingerprint density at radius 3 is 2.62 bits per heavy atom. The van der Waals surface area contributed by atoms with Gasteiger partial charge in [0, 0.05) is 41.0 Å². The van der Waals surface area contributed by atoms with Crippen molar-refractivity contribution in [2.75, 3.05) is 6.54 Å². The summed E-state index contributed by atoms with van der Waals surface area (Å²) >= 11 is 12.5. The number of rotatable bonds is 5. The van der Waals surface area contributed by atoms with Gasteiger partial charge in [0.15, 0.2) is 5.69 Å². The molecule has 0 atom stereocenters. The first kappa shape index (κ1) is 19.4. The zero-order valence-corrected chi connectivity index (χ0v) is 16.8. The quantitative estimate of drug-likeness (QED) is 0.675. The van der Waals surface area contributed by atoms with Crippen molar-refractivity contribution in [3.63, 3.8) is 0 Å². The molecule has 4 rings (SSSR count). The van der Waals surface area contributed by atoms with E-state index in [9.17, 15) is 9.59 Å². The minimum atomic E-state index is -0.356. The molecular weight excluding hydrogens is 413 g/mol. The molecular formula is C20H17Cl2N5O2. The van der Waals surface area contributed by atoms with Gasteiger partial charge in [-0.25, -0.2) is 0 Å². The summed E-state index contributed by atoms with van der Waals surface area (Å²) in [7, 11) is 0. The lowest BCUT2D eigenvalue weighted by Crippen LogP contribution is -2.39. The van der Waals surface area contributed by atoms with E-state index in [4.69, 9.17) is 23.2 Å². The lowest BCUT2D eigenvalue weighted by molar-refractivity contribution is 0.0683. The lowest BCUT2D eigenvalue weighted by atomic mass is 10.2. The van der Waals surface area contributed by atoms with Gasteiger partial charge in [-0.3, -0.25) is 19.3 Å². The van der Waals surface area contributed by atoms with Crippen molar-refractivity contribution in [1.82, 2.24) is 25.0 Å². The molecule has 1 aliphatic heterocycles. The van der Waals surface area contributed by atoms with E-state index in [0.717, 1.165) is 5.69 Å². The molecule has 1 N–H and O–H groups in total. The maximum absolute atomic E-state index is 12.9. The van der Waals surface area contributed by atoms with Gasteiger partial charge < -0.3 is 10.2 Å². The molecule has 0 unspecified atom stereocenters. The number of amides is 2. The van der Waals surface area contributed by atoms with E-state index in [1.807, 2.05) is 18.2 Å². The number of aromatic nitrogens is 3. The van der Waals surface area contributed by atoms with Gasteiger partial charge in [0.05, 0.1) is 18.8 Å². The highest BCUT2D eigenvalue weighted by atomic mass is 35.5. The number of nitrogens with zero attached hydrogens (tertiary/aromatic N) is 4. The van der Waals surface area contributed by atoms with Crippen LogP contribution in [0.15, 0.2) is 48.7 Å². The molecule has 1 aliphatic rings. The molecule has 0 saturated carbocycles. The highest BCUT2D eigenvalue weighted by Gasteiger charge is 2.28. The van der Waals surface area contributed by atoms with Crippen LogP contribution in [0, 0.1) is 0 Å². The Morgan fingerprint density at radius 2 is 1.90 bits per heavy atom. The van der Waals surface area contributed by atoms with Crippen LogP contribution in [0.3, 0.4) is 0 Å². The number of pyridine rings is 1. The Kier molecular flexibility index (Phi) is 5.51. The van der Waals surface area contributed by atoms with Gasteiger partial charge in [-0.15, -0.1) is 0 Å². The average molecular weight is 430 g/mol. The molecule has 9 heteroatoms. The molecule has 3 aromatic rings. The van der Waals surface area contributed by atoms with E-state index in [1.165, 1.54) is 6.07 Å². The minimum absolute atomic E-state index is 0.196. The number of nitrogens with one attached hydrogen (secondary N) is 1. The largest absolute Gasteiger partial charge is 0.345 e. The monoisotopic (exact) mass is 429 g/mol. The van der Waals surface area contributed by atoms with Crippen LogP contribution in [0.1, 0.15) is 32.2 Å². The maximum atomic E-state index is 12.9. The van der Waals surface area contributed by atoms with Gasteiger partial charge in [0.1, 0.15) is 5.69 Å². The fourth-order valence-electron chi connectivity index (χ4n) is 3.14. The third-order valence-electron chi connectivity index (χ3n) is 4.67. The van der Waals surface area contributed by atoms with Crippen LogP contribution in [0.4, 0.5) is 0 Å². The molecule has 2 aromatic heterocycles. The highest BCUT2D eigenvalue weighted by molar-refractivity contribution is 6.36. The van der Waals surface area contributed by atoms with Gasteiger partial charge in [-0.2, -0.15) is 5.10 Å². The lowest BCUT2D eigenvalue weighted by Gasteiger charge is -2.28. The van der Waals surface area contributed by atoms with E-state index in [0.29, 0.717) is 40.9 Å². The average Bonchev–Trinajstić information content (AvgIpc) is 3.17. The van der Waals surface area contributed by atoms with Crippen molar-refractivity contribution < 1.29 is 9.59 Å². The van der Waals surface area contributed by atoms with E-state index in [1.54, 1.807) is 34.0 Å². The Hall–Kier alpha value is -2.90. The summed E-state index contributed by atoms with van der Waals surface area (Å²) in [5.74, 6) is -0.574. The summed E-state index contributed by atoms with van der Waals surface area (Å²) in [4.78, 5) is 31.1. The second kappa shape index (κ2) is 8.23. The van der Waals surface area contributed by atoms with Gasteiger partial charge >= 0.3 is 0 Å². The summed E-state index contributed by atoms with van der Waals surface area (Å²) in [5.41, 5.74) is 2.00. The van der Waals surface area contributed by atoms with Crippen LogP contribution in [-0.2, 0) is 19.6 Å². The molecule has 7 nitrogen and oxygen atoms in total. The van der Waals surface area contributed by atoms with Crippen molar-refractivity contribution in [2.24, 2.45) is 0 Å². The van der Waals surface area contributed by atoms with Gasteiger partial charge in [0.2, 0.25) is 0 Å². The Labute approximate surface area is 177 Å². The van der Waals surface area contributed by atoms with Gasteiger partial charge in [-0.1, -0.05) is 35.3 Å². The summed E-state index contributed by atoms with van der Waals surface area (Å²) in [5, 5.41) is 8.07. The van der Waals surface area contributed by atoms with Crippen molar-refractivity contribution in [1.29, 1.82) is 0 Å². The molecule has 1 aromatic carbocycles. The Bertz CT molecular complexity index is 1050. The molecule has 29 heavy (non-hydrogen) atoms. The van der Waals surface area contributed by atoms with Crippen molar-refractivity contribution in [3.05, 3.63) is 81.4 Å². The Morgan fingerprint density at radius 1 is 1.10 bits per heavy atom. The van der Waals surface area contributed by atoms with Crippen LogP contribution >= 0.6 is 23.2 Å². The highest BCUT2D eigenvalue weighted by Crippen LogP contribution is 2.27. The van der Waals surface area contributed by atoms with Crippen molar-refractivity contribution >= 4 is 35.0 Å². The minimum Gasteiger partial charge on any atom is -0.345 e. The fourth-order valence-corrected chi connectivity index (χ4v) is 3.66. The van der Waals surface area contributed by atoms with Crippen molar-refractivity contribution in [2.45, 2.75) is 19.6 Å². The normalized spacial score (nSPS) is 13.3. The zero-order chi connectivity index (χ0) is 20.4. The number of hydrogen-bond acceptors (Lipinski definition) is 4. The second-order valence-corrected chi connectivity index (χ2v) is 7.38. The van der Waals surface area contributed by atoms with Crippen LogP contribution in [0.25, 0.3) is 0 Å². The van der Waals surface area contributed by atoms with E-state index < -0.39 is 0 Å². The summed E-state index contributed by atoms with van der Waals surface area (Å²) < 4.78 is 1.56. The molecule has 3 heterocycles. The number of halogens is 2. The van der Waals surface area contributed by atoms with Crippen molar-refractivity contribution in [3.8, 4) is 0 Å². The van der Waals surface area contributed by atoms with Gasteiger partial charge in [-0.05, 0) is 24.3 Å². The SMILES string of the molecule is O=C(NCc1ccccn1)c1cc2n(n1)CCN(Cc1c(Cl)cccc1Cl)C2=O. The van der Waals surface area contributed by atoms with E-state index in [2.05, 4.69) is 15.4 Å². The number of carbonyl (C=O) groups excluding carboxylic acids is 2. The fraction of sp³-hybridized carbons (Fsp3) is 0.200. The maximum Gasteiger partial charge on any atom is 0.272 e. The molecule has 0 saturated heterocycles. The third-order valence-corrected chi connectivity index (χ3v) is 5.38. The molecule has 0 aliphatic carbocycles. The van der Waals surface area contributed by atoms with Crippen LogP contribution in [0.5, 0.6) is 0 Å². The first-order valence-corrected chi connectivity index (χ1v) is 9.76. The summed E-state index contributed by atoms with van der Waals surface area (Å²) in [6.45, 7) is 1.51. The first-order valence-electron chi connectivity index (χ1n) is 9.01. The van der Waals surface area contributed by atoms with Crippen LogP contribution in [-0.4, -0.2) is 38.0 Å². The standard InChI is InChI=1S/C20H17Cl2N5O2/c21-15-5-3-6-16(22)14(15)12-26-8-9-27-18(20(26)29)10-17(25-27)19(28)24-11-13-4-1-2-7-23-13/h1-7,10H,8-9,11-12H2,(H,24,28). The summed E-state index contributed by atoms with van der Waals surface area (Å²) in [6.07, 6.45) is 1.66. The molecule has 0 fully saturated rings. The van der Waals surface area contributed by atoms with Gasteiger partial charge in [0.25, 0.3) is 11.8 Å². The smallest absolute Gasteiger partial charge is 0.272 e. The number of carbonyl (C=O) groups is 2. The molecule has 148 valence electrons. The molecule has 0 spiro atoms. The number of benzene rings is 1. The zero-order valence-electron chi connectivity index (χ0n) is 15.3. The molecule has 0 radical (unpaired) electrons. The second-order valence-electron chi connectivity index (χ2n) is 6.57. The predicted octanol–water partition coefficient (Wildman–Crippen LogP) is 3.17.